The summed E-state index contributed by atoms with van der Waals surface area (Å²) in [7, 11) is -11.4. The normalized spacial score (nSPS) is 12.7. The fourth-order valence-electron chi connectivity index (χ4n) is 8.99. The Hall–Kier alpha value is -6.54. The number of esters is 2. The van der Waals surface area contributed by atoms with Crippen LogP contribution in [0.3, 0.4) is 0 Å². The summed E-state index contributed by atoms with van der Waals surface area (Å²) in [6.45, 7) is 21.1. The molecule has 1 aliphatic carbocycles. The van der Waals surface area contributed by atoms with Crippen LogP contribution in [0.15, 0.2) is 121 Å². The number of nitrogens with one attached hydrogen (secondary N) is 2. The van der Waals surface area contributed by atoms with E-state index in [1.165, 1.54) is 22.3 Å². The Bertz CT molecular complexity index is 3620. The molecule has 1 aliphatic heterocycles. The molecule has 0 spiro atoms. The number of fused-ring (bicyclic) bond motifs is 2. The summed E-state index contributed by atoms with van der Waals surface area (Å²) in [4.78, 5) is 25.1. The van der Waals surface area contributed by atoms with Gasteiger partial charge < -0.3 is 19.2 Å². The Morgan fingerprint density at radius 1 is 0.654 bits per heavy atom. The zero-order chi connectivity index (χ0) is 57.2. The van der Waals surface area contributed by atoms with Gasteiger partial charge in [-0.3, -0.25) is 9.59 Å². The first-order chi connectivity index (χ1) is 36.6. The zero-order valence-electron chi connectivity index (χ0n) is 45.2. The highest BCUT2D eigenvalue weighted by molar-refractivity contribution is 8.04. The molecule has 0 saturated carbocycles. The zero-order valence-corrected chi connectivity index (χ0v) is 47.7. The molecule has 19 heteroatoms. The van der Waals surface area contributed by atoms with E-state index in [-0.39, 0.29) is 70.7 Å². The molecule has 0 radical (unpaired) electrons. The smallest absolute Gasteiger partial charge is 0.306 e. The number of halogens is 4. The summed E-state index contributed by atoms with van der Waals surface area (Å²) in [6, 6.07) is 28.0. The van der Waals surface area contributed by atoms with Gasteiger partial charge in [0.2, 0.25) is 0 Å². The average Bonchev–Trinajstić information content (AvgIpc) is 3.41. The highest BCUT2D eigenvalue weighted by Gasteiger charge is 2.37. The molecule has 5 aromatic carbocycles. The molecule has 0 amide bonds. The first-order valence-corrected chi connectivity index (χ1v) is 29.4. The summed E-state index contributed by atoms with van der Waals surface area (Å²) in [5.74, 6) is -10.2. The summed E-state index contributed by atoms with van der Waals surface area (Å²) in [6.07, 6.45) is -0.701. The van der Waals surface area contributed by atoms with Crippen LogP contribution < -0.4 is 14.8 Å². The van der Waals surface area contributed by atoms with Gasteiger partial charge in [0.05, 0.1) is 33.7 Å². The number of thioether (sulfide) groups is 1. The fourth-order valence-corrected chi connectivity index (χ4v) is 13.0. The summed E-state index contributed by atoms with van der Waals surface area (Å²) >= 11 is 0.165. The van der Waals surface area contributed by atoms with Gasteiger partial charge in [0.25, 0.3) is 20.0 Å². The molecule has 0 aromatic heterocycles. The van der Waals surface area contributed by atoms with Gasteiger partial charge in [0.1, 0.15) is 23.6 Å². The molecule has 0 saturated heterocycles. The van der Waals surface area contributed by atoms with Gasteiger partial charge in [0, 0.05) is 51.3 Å². The molecule has 78 heavy (non-hydrogen) atoms. The van der Waals surface area contributed by atoms with Crippen molar-refractivity contribution in [2.75, 3.05) is 17.7 Å². The van der Waals surface area contributed by atoms with Crippen molar-refractivity contribution in [2.45, 2.75) is 133 Å². The van der Waals surface area contributed by atoms with Crippen molar-refractivity contribution >= 4 is 71.8 Å². The first kappa shape index (κ1) is 59.1. The van der Waals surface area contributed by atoms with Crippen molar-refractivity contribution < 1.29 is 57.9 Å². The monoisotopic (exact) mass is 1130 g/mol. The van der Waals surface area contributed by atoms with E-state index in [9.17, 15) is 26.4 Å². The van der Waals surface area contributed by atoms with E-state index in [1.807, 2.05) is 24.3 Å². The molecule has 2 N–H and O–H groups in total. The number of nitrogens with zero attached hydrogens (tertiary/aromatic N) is 1. The Morgan fingerprint density at radius 3 is 1.79 bits per heavy atom. The maximum absolute atomic E-state index is 15.8. The average molecular weight is 1130 g/mol. The number of benzene rings is 6. The van der Waals surface area contributed by atoms with Crippen LogP contribution in [0, 0.1) is 23.3 Å². The molecule has 414 valence electrons. The Balaban J connectivity index is 1.30. The van der Waals surface area contributed by atoms with Crippen LogP contribution in [0.5, 0.6) is 0 Å². The lowest BCUT2D eigenvalue weighted by Crippen LogP contribution is -2.33. The van der Waals surface area contributed by atoms with E-state index in [0.29, 0.717) is 22.0 Å². The summed E-state index contributed by atoms with van der Waals surface area (Å²) in [5.41, 5.74) is 6.66. The molecule has 1 heterocycles. The Kier molecular flexibility index (Phi) is 18.1. The van der Waals surface area contributed by atoms with E-state index in [2.05, 4.69) is 72.8 Å². The van der Waals surface area contributed by atoms with Crippen LogP contribution in [0.2, 0.25) is 0 Å². The minimum Gasteiger partial charge on any atom is -0.465 e. The second-order valence-corrected chi connectivity index (χ2v) is 25.6. The van der Waals surface area contributed by atoms with Crippen LogP contribution in [0.25, 0.3) is 33.4 Å². The second-order valence-electron chi connectivity index (χ2n) is 21.0. The number of sulfonamides is 2. The van der Waals surface area contributed by atoms with Crippen molar-refractivity contribution in [3.63, 3.8) is 0 Å². The molecule has 7 rings (SSSR count). The maximum atomic E-state index is 15.8. The topological polar surface area (TPSA) is 170 Å². The summed E-state index contributed by atoms with van der Waals surface area (Å²) < 4.78 is 138. The molecular weight excluding hydrogens is 1070 g/mol. The van der Waals surface area contributed by atoms with Crippen LogP contribution in [-0.2, 0) is 39.1 Å². The van der Waals surface area contributed by atoms with E-state index >= 15 is 17.6 Å². The molecule has 0 bridgehead atoms. The highest BCUT2D eigenvalue weighted by Crippen LogP contribution is 2.45. The third kappa shape index (κ3) is 13.1. The minimum atomic E-state index is -5.97. The van der Waals surface area contributed by atoms with Crippen LogP contribution >= 0.6 is 11.8 Å². The van der Waals surface area contributed by atoms with Crippen molar-refractivity contribution in [3.8, 4) is 22.5 Å². The molecular formula is C59H63F4N3O9S3. The van der Waals surface area contributed by atoms with Crippen LogP contribution in [0.1, 0.15) is 135 Å². The number of para-hydroxylation sites is 2. The van der Waals surface area contributed by atoms with Gasteiger partial charge in [-0.25, -0.2) is 39.4 Å². The number of rotatable bonds is 19. The quantitative estimate of drug-likeness (QED) is 0.0197. The number of carbonyl (C=O) groups is 2. The van der Waals surface area contributed by atoms with E-state index in [1.54, 1.807) is 57.2 Å². The Morgan fingerprint density at radius 2 is 1.22 bits per heavy atom. The molecule has 12 nitrogen and oxygen atoms in total. The lowest BCUT2D eigenvalue weighted by molar-refractivity contribution is -0.158. The predicted octanol–water partition coefficient (Wildman–Crippen LogP) is 14.7. The van der Waals surface area contributed by atoms with E-state index < -0.39 is 87.9 Å². The van der Waals surface area contributed by atoms with Gasteiger partial charge in [-0.05, 0) is 97.0 Å². The standard InChI is InChI=1S/C59H63F4N3O9S3/c1-32(2)38-17-14-18-39(33(3)4)55(38)64-36-22-24-42-45(30-36)74-46-31-37(65-56-40(34(5)6)19-15-20-41(56)35(7)8)23-25-43(46)50(42)44-16-12-13-21-47(44)77(69,70)66-78(71,72)58-53(62)51(60)57(52(61)54(58)63)76-29-28-73-48(67)26-27-49(68)75-59(9,10)11/h12-25,30-35,64,66H,26-29H2,1-11H3. The number of hydrogen-bond donors (Lipinski definition) is 2. The van der Waals surface area contributed by atoms with E-state index in [0.717, 1.165) is 39.7 Å². The summed E-state index contributed by atoms with van der Waals surface area (Å²) in [5, 5.41) is 4.52. The maximum Gasteiger partial charge on any atom is 0.306 e. The van der Waals surface area contributed by atoms with Crippen LogP contribution in [0.4, 0.5) is 34.6 Å². The van der Waals surface area contributed by atoms with Gasteiger partial charge in [-0.1, -0.05) is 110 Å². The van der Waals surface area contributed by atoms with Gasteiger partial charge in [-0.2, -0.15) is 0 Å². The minimum absolute atomic E-state index is 0.0634. The Labute approximate surface area is 457 Å². The van der Waals surface area contributed by atoms with Crippen molar-refractivity contribution in [1.82, 2.24) is 4.13 Å². The van der Waals surface area contributed by atoms with Crippen molar-refractivity contribution in [1.29, 1.82) is 0 Å². The fraction of sp³-hybridized carbons (Fsp3) is 0.339. The largest absolute Gasteiger partial charge is 0.465 e. The number of ether oxygens (including phenoxy) is 2. The first-order valence-electron chi connectivity index (χ1n) is 25.4. The number of hydrogen-bond acceptors (Lipinski definition) is 12. The van der Waals surface area contributed by atoms with Gasteiger partial charge in [0.15, 0.2) is 28.2 Å². The van der Waals surface area contributed by atoms with Gasteiger partial charge in [-0.15, -0.1) is 15.9 Å². The third-order valence-electron chi connectivity index (χ3n) is 12.6. The SMILES string of the molecule is CC(C)c1cccc(C(C)C)c1N=c1ccc2c(-c3ccccc3S(=O)(=O)NS(=O)(=O)c3c(F)c(F)c(SCCOC(=O)CCC(=O)OC(C)(C)C)c(F)c3F)c3ccc(Nc4c(C(C)C)cccc4C(C)C)cc3oc-2c1. The van der Waals surface area contributed by atoms with Crippen molar-refractivity contribution in [3.05, 3.63) is 148 Å². The second kappa shape index (κ2) is 23.8. The molecule has 0 fully saturated rings. The van der Waals surface area contributed by atoms with Gasteiger partial charge >= 0.3 is 11.9 Å². The molecule has 2 aliphatic rings. The lowest BCUT2D eigenvalue weighted by Gasteiger charge is -2.22. The molecule has 5 aromatic rings. The van der Waals surface area contributed by atoms with Crippen LogP contribution in [-0.4, -0.2) is 46.7 Å². The molecule has 0 atom stereocenters. The van der Waals surface area contributed by atoms with E-state index in [4.69, 9.17) is 18.9 Å². The number of anilines is 2. The van der Waals surface area contributed by atoms with Crippen molar-refractivity contribution in [2.24, 2.45) is 4.99 Å². The lowest BCUT2D eigenvalue weighted by atomic mass is 9.92. The molecule has 0 unspecified atom stereocenters. The highest BCUT2D eigenvalue weighted by atomic mass is 32.3. The number of carbonyl (C=O) groups excluding carboxylic acids is 2. The predicted molar refractivity (Wildman–Crippen MR) is 297 cm³/mol. The third-order valence-corrected chi connectivity index (χ3v) is 17.2.